The highest BCUT2D eigenvalue weighted by Gasteiger charge is 2.24. The molecule has 1 aliphatic rings. The Morgan fingerprint density at radius 2 is 2.05 bits per heavy atom. The van der Waals surface area contributed by atoms with Gasteiger partial charge in [0.15, 0.2) is 0 Å². The van der Waals surface area contributed by atoms with Crippen LogP contribution in [0.2, 0.25) is 0 Å². The van der Waals surface area contributed by atoms with Crippen molar-refractivity contribution in [1.82, 2.24) is 19.8 Å². The maximum absolute atomic E-state index is 12.2. The van der Waals surface area contributed by atoms with Crippen LogP contribution >= 0.6 is 0 Å². The number of nitrogens with zero attached hydrogens (tertiary/aromatic N) is 2. The standard InChI is InChI=1S/C11H18N4O4S/c1-8-11(9(2)14-13-8)20(17,18)12-7-10(16)15-3-5-19-6-4-15/h12H,3-7H2,1-2H3,(H,13,14). The van der Waals surface area contributed by atoms with Gasteiger partial charge >= 0.3 is 0 Å². The van der Waals surface area contributed by atoms with E-state index in [1.54, 1.807) is 18.7 Å². The van der Waals surface area contributed by atoms with Crippen LogP contribution in [0.25, 0.3) is 0 Å². The average molecular weight is 302 g/mol. The SMILES string of the molecule is Cc1n[nH]c(C)c1S(=O)(=O)NCC(=O)N1CCOCC1. The summed E-state index contributed by atoms with van der Waals surface area (Å²) in [7, 11) is -3.73. The minimum Gasteiger partial charge on any atom is -0.378 e. The van der Waals surface area contributed by atoms with Gasteiger partial charge in [-0.15, -0.1) is 0 Å². The number of morpholine rings is 1. The highest BCUT2D eigenvalue weighted by atomic mass is 32.2. The number of carbonyl (C=O) groups is 1. The highest BCUT2D eigenvalue weighted by Crippen LogP contribution is 2.15. The zero-order valence-electron chi connectivity index (χ0n) is 11.5. The topological polar surface area (TPSA) is 104 Å². The van der Waals surface area contributed by atoms with Crippen LogP contribution in [-0.4, -0.2) is 62.3 Å². The van der Waals surface area contributed by atoms with E-state index in [0.717, 1.165) is 0 Å². The molecular formula is C11H18N4O4S. The summed E-state index contributed by atoms with van der Waals surface area (Å²) in [6.07, 6.45) is 0. The van der Waals surface area contributed by atoms with Crippen LogP contribution in [0.3, 0.4) is 0 Å². The molecule has 20 heavy (non-hydrogen) atoms. The van der Waals surface area contributed by atoms with Gasteiger partial charge in [0.05, 0.1) is 31.1 Å². The van der Waals surface area contributed by atoms with Crippen molar-refractivity contribution in [2.24, 2.45) is 0 Å². The number of hydrogen-bond acceptors (Lipinski definition) is 5. The van der Waals surface area contributed by atoms with E-state index >= 15 is 0 Å². The van der Waals surface area contributed by atoms with Gasteiger partial charge in [-0.05, 0) is 13.8 Å². The molecule has 0 atom stereocenters. The van der Waals surface area contributed by atoms with Crippen LogP contribution in [0.5, 0.6) is 0 Å². The predicted molar refractivity (Wildman–Crippen MR) is 70.6 cm³/mol. The summed E-state index contributed by atoms with van der Waals surface area (Å²) in [6, 6.07) is 0. The maximum atomic E-state index is 12.2. The molecule has 1 aromatic heterocycles. The zero-order valence-corrected chi connectivity index (χ0v) is 12.3. The van der Waals surface area contributed by atoms with Gasteiger partial charge in [0, 0.05) is 13.1 Å². The second-order valence-corrected chi connectivity index (χ2v) is 6.28. The van der Waals surface area contributed by atoms with Crippen LogP contribution in [0.1, 0.15) is 11.4 Å². The van der Waals surface area contributed by atoms with Crippen LogP contribution in [0, 0.1) is 13.8 Å². The molecule has 2 N–H and O–H groups in total. The number of amides is 1. The van der Waals surface area contributed by atoms with Gasteiger partial charge in [0.1, 0.15) is 4.90 Å². The Morgan fingerprint density at radius 3 is 2.60 bits per heavy atom. The van der Waals surface area contributed by atoms with E-state index in [0.29, 0.717) is 37.7 Å². The van der Waals surface area contributed by atoms with E-state index in [2.05, 4.69) is 14.9 Å². The van der Waals surface area contributed by atoms with Gasteiger partial charge in [-0.1, -0.05) is 0 Å². The minimum absolute atomic E-state index is 0.104. The van der Waals surface area contributed by atoms with Crippen molar-refractivity contribution in [2.45, 2.75) is 18.7 Å². The number of nitrogens with one attached hydrogen (secondary N) is 2. The smallest absolute Gasteiger partial charge is 0.244 e. The quantitative estimate of drug-likeness (QED) is 0.755. The summed E-state index contributed by atoms with van der Waals surface area (Å²) in [6.45, 7) is 4.91. The lowest BCUT2D eigenvalue weighted by atomic mass is 10.4. The first-order chi connectivity index (χ1) is 9.42. The minimum atomic E-state index is -3.73. The van der Waals surface area contributed by atoms with Gasteiger partial charge in [-0.3, -0.25) is 9.89 Å². The Labute approximate surface area is 117 Å². The highest BCUT2D eigenvalue weighted by molar-refractivity contribution is 7.89. The van der Waals surface area contributed by atoms with Gasteiger partial charge < -0.3 is 9.64 Å². The molecule has 0 unspecified atom stereocenters. The first kappa shape index (κ1) is 14.9. The normalized spacial score (nSPS) is 16.4. The molecule has 2 rings (SSSR count). The molecule has 0 aliphatic carbocycles. The molecular weight excluding hydrogens is 284 g/mol. The van der Waals surface area contributed by atoms with Gasteiger partial charge in [-0.2, -0.15) is 5.10 Å². The van der Waals surface area contributed by atoms with E-state index in [9.17, 15) is 13.2 Å². The Kier molecular flexibility index (Phi) is 4.41. The second kappa shape index (κ2) is 5.90. The molecule has 0 saturated carbocycles. The molecule has 1 saturated heterocycles. The number of aromatic nitrogens is 2. The zero-order chi connectivity index (χ0) is 14.8. The van der Waals surface area contributed by atoms with Gasteiger partial charge in [-0.25, -0.2) is 13.1 Å². The second-order valence-electron chi connectivity index (χ2n) is 4.58. The molecule has 0 aromatic carbocycles. The van der Waals surface area contributed by atoms with E-state index in [1.165, 1.54) is 0 Å². The number of aromatic amines is 1. The van der Waals surface area contributed by atoms with Crippen LogP contribution in [-0.2, 0) is 19.6 Å². The number of rotatable bonds is 4. The largest absolute Gasteiger partial charge is 0.378 e. The number of aryl methyl sites for hydroxylation is 2. The number of sulfonamides is 1. The molecule has 9 heteroatoms. The predicted octanol–water partition coefficient (Wildman–Crippen LogP) is -0.836. The summed E-state index contributed by atoms with van der Waals surface area (Å²) >= 11 is 0. The van der Waals surface area contributed by atoms with Crippen molar-refractivity contribution in [3.63, 3.8) is 0 Å². The first-order valence-corrected chi connectivity index (χ1v) is 7.77. The number of ether oxygens (including phenoxy) is 1. The molecule has 8 nitrogen and oxygen atoms in total. The molecule has 2 heterocycles. The molecule has 0 radical (unpaired) electrons. The summed E-state index contributed by atoms with van der Waals surface area (Å²) in [5.74, 6) is -0.254. The Morgan fingerprint density at radius 1 is 1.40 bits per heavy atom. The Balaban J connectivity index is 2.01. The first-order valence-electron chi connectivity index (χ1n) is 6.28. The Bertz CT molecular complexity index is 570. The Hall–Kier alpha value is -1.45. The average Bonchev–Trinajstić information content (AvgIpc) is 2.77. The van der Waals surface area contributed by atoms with Crippen LogP contribution in [0.4, 0.5) is 0 Å². The van der Waals surface area contributed by atoms with Crippen molar-refractivity contribution >= 4 is 15.9 Å². The lowest BCUT2D eigenvalue weighted by Crippen LogP contribution is -2.45. The molecule has 1 aromatic rings. The fourth-order valence-electron chi connectivity index (χ4n) is 2.09. The summed E-state index contributed by atoms with van der Waals surface area (Å²) in [4.78, 5) is 13.6. The van der Waals surface area contributed by atoms with Crippen molar-refractivity contribution in [3.05, 3.63) is 11.4 Å². The van der Waals surface area contributed by atoms with Gasteiger partial charge in [0.25, 0.3) is 0 Å². The van der Waals surface area contributed by atoms with Crippen molar-refractivity contribution in [3.8, 4) is 0 Å². The van der Waals surface area contributed by atoms with Crippen LogP contribution in [0.15, 0.2) is 4.90 Å². The fourth-order valence-corrected chi connectivity index (χ4v) is 3.43. The van der Waals surface area contributed by atoms with E-state index in [-0.39, 0.29) is 17.3 Å². The van der Waals surface area contributed by atoms with Crippen LogP contribution < -0.4 is 4.72 Å². The van der Waals surface area contributed by atoms with Crippen molar-refractivity contribution < 1.29 is 17.9 Å². The summed E-state index contributed by atoms with van der Waals surface area (Å²) in [5.41, 5.74) is 0.836. The van der Waals surface area contributed by atoms with Gasteiger partial charge in [0.2, 0.25) is 15.9 Å². The van der Waals surface area contributed by atoms with Crippen molar-refractivity contribution in [1.29, 1.82) is 0 Å². The molecule has 0 bridgehead atoms. The fraction of sp³-hybridized carbons (Fsp3) is 0.636. The van der Waals surface area contributed by atoms with E-state index in [4.69, 9.17) is 4.74 Å². The third-order valence-electron chi connectivity index (χ3n) is 3.11. The number of H-pyrrole nitrogens is 1. The van der Waals surface area contributed by atoms with E-state index < -0.39 is 10.0 Å². The number of hydrogen-bond donors (Lipinski definition) is 2. The molecule has 112 valence electrons. The summed E-state index contributed by atoms with van der Waals surface area (Å²) < 4.78 is 31.8. The summed E-state index contributed by atoms with van der Waals surface area (Å²) in [5, 5.41) is 6.46. The maximum Gasteiger partial charge on any atom is 0.244 e. The molecule has 1 aliphatic heterocycles. The third-order valence-corrected chi connectivity index (χ3v) is 4.77. The molecule has 1 amide bonds. The van der Waals surface area contributed by atoms with Crippen molar-refractivity contribution in [2.75, 3.05) is 32.8 Å². The third kappa shape index (κ3) is 3.17. The molecule has 0 spiro atoms. The number of carbonyl (C=O) groups excluding carboxylic acids is 1. The monoisotopic (exact) mass is 302 g/mol. The lowest BCUT2D eigenvalue weighted by molar-refractivity contribution is -0.133. The van der Waals surface area contributed by atoms with E-state index in [1.807, 2.05) is 0 Å². The molecule has 1 fully saturated rings. The lowest BCUT2D eigenvalue weighted by Gasteiger charge is -2.26.